The topological polar surface area (TPSA) is 76.0 Å². The molecule has 3 heterocycles. The summed E-state index contributed by atoms with van der Waals surface area (Å²) >= 11 is 0. The Bertz CT molecular complexity index is 894. The van der Waals surface area contributed by atoms with E-state index in [0.29, 0.717) is 30.1 Å². The number of ether oxygens (including phenoxy) is 4. The molecule has 4 rings (SSSR count). The molecule has 2 aromatic rings. The highest BCUT2D eigenvalue weighted by atomic mass is 16.7. The van der Waals surface area contributed by atoms with Crippen LogP contribution in [0.1, 0.15) is 34.6 Å². The molecular formula is C20H21NO6. The predicted molar refractivity (Wildman–Crippen MR) is 95.6 cm³/mol. The largest absolute Gasteiger partial charge is 0.455 e. The maximum Gasteiger partial charge on any atom is 0.335 e. The number of fused-ring (bicyclic) bond motifs is 1. The molecule has 1 fully saturated rings. The van der Waals surface area contributed by atoms with Crippen molar-refractivity contribution in [1.82, 2.24) is 4.57 Å². The Morgan fingerprint density at radius 1 is 1.19 bits per heavy atom. The molecule has 1 atom stereocenters. The summed E-state index contributed by atoms with van der Waals surface area (Å²) in [4.78, 5) is 24.5. The van der Waals surface area contributed by atoms with Crippen molar-refractivity contribution >= 4 is 11.8 Å². The number of esters is 1. The smallest absolute Gasteiger partial charge is 0.335 e. The van der Waals surface area contributed by atoms with Gasteiger partial charge in [-0.05, 0) is 44.9 Å². The van der Waals surface area contributed by atoms with Gasteiger partial charge in [0.2, 0.25) is 12.6 Å². The Kier molecular flexibility index (Phi) is 4.61. The zero-order chi connectivity index (χ0) is 19.0. The van der Waals surface area contributed by atoms with Crippen LogP contribution in [0.3, 0.4) is 0 Å². The minimum atomic E-state index is -0.543. The lowest BCUT2D eigenvalue weighted by molar-refractivity contribution is -0.153. The van der Waals surface area contributed by atoms with Crippen molar-refractivity contribution in [2.24, 2.45) is 0 Å². The minimum Gasteiger partial charge on any atom is -0.455 e. The van der Waals surface area contributed by atoms with Crippen molar-refractivity contribution in [1.29, 1.82) is 0 Å². The summed E-state index contributed by atoms with van der Waals surface area (Å²) in [5.41, 5.74) is 3.10. The summed E-state index contributed by atoms with van der Waals surface area (Å²) in [6.45, 7) is 4.27. The van der Waals surface area contributed by atoms with Crippen molar-refractivity contribution in [2.75, 3.05) is 20.0 Å². The first-order chi connectivity index (χ1) is 13.0. The zero-order valence-electron chi connectivity index (χ0n) is 15.3. The number of nitrogens with zero attached hydrogens (tertiary/aromatic N) is 1. The van der Waals surface area contributed by atoms with Gasteiger partial charge in [0.25, 0.3) is 0 Å². The lowest BCUT2D eigenvalue weighted by Gasteiger charge is -2.11. The van der Waals surface area contributed by atoms with Gasteiger partial charge in [-0.25, -0.2) is 4.79 Å². The summed E-state index contributed by atoms with van der Waals surface area (Å²) in [7, 11) is 0. The maximum absolute atomic E-state index is 12.6. The van der Waals surface area contributed by atoms with Crippen molar-refractivity contribution in [2.45, 2.75) is 32.8 Å². The molecule has 1 aromatic heterocycles. The van der Waals surface area contributed by atoms with Crippen molar-refractivity contribution in [3.63, 3.8) is 0 Å². The molecule has 7 heteroatoms. The number of aromatic nitrogens is 1. The second-order valence-corrected chi connectivity index (χ2v) is 6.69. The first-order valence-electron chi connectivity index (χ1n) is 8.95. The third kappa shape index (κ3) is 3.30. The van der Waals surface area contributed by atoms with Gasteiger partial charge in [0.05, 0.1) is 0 Å². The summed E-state index contributed by atoms with van der Waals surface area (Å²) < 4.78 is 23.2. The van der Waals surface area contributed by atoms with E-state index in [1.165, 1.54) is 0 Å². The molecule has 0 bridgehead atoms. The van der Waals surface area contributed by atoms with Crippen LogP contribution in [-0.2, 0) is 14.3 Å². The molecule has 1 saturated heterocycles. The highest BCUT2D eigenvalue weighted by Gasteiger charge is 2.26. The zero-order valence-corrected chi connectivity index (χ0v) is 15.3. The van der Waals surface area contributed by atoms with E-state index in [1.807, 2.05) is 42.7 Å². The van der Waals surface area contributed by atoms with Crippen LogP contribution in [0.25, 0.3) is 5.69 Å². The van der Waals surface area contributed by atoms with Crippen molar-refractivity contribution in [3.05, 3.63) is 41.2 Å². The van der Waals surface area contributed by atoms with Gasteiger partial charge in [0.1, 0.15) is 0 Å². The lowest BCUT2D eigenvalue weighted by Crippen LogP contribution is -2.25. The number of benzene rings is 1. The van der Waals surface area contributed by atoms with Crippen LogP contribution >= 0.6 is 0 Å². The first-order valence-corrected chi connectivity index (χ1v) is 8.95. The SMILES string of the molecule is Cc1cc(C(=O)COC(=O)C2CCCO2)c(C)n1-c1ccc2c(c1)OCO2. The monoisotopic (exact) mass is 371 g/mol. The van der Waals surface area contributed by atoms with E-state index in [4.69, 9.17) is 18.9 Å². The summed E-state index contributed by atoms with van der Waals surface area (Å²) in [6.07, 6.45) is 0.939. The Hall–Kier alpha value is -2.80. The number of carbonyl (C=O) groups is 2. The molecule has 142 valence electrons. The fourth-order valence-electron chi connectivity index (χ4n) is 3.54. The summed E-state index contributed by atoms with van der Waals surface area (Å²) in [5.74, 6) is 0.684. The molecule has 2 aliphatic heterocycles. The van der Waals surface area contributed by atoms with E-state index in [0.717, 1.165) is 23.5 Å². The van der Waals surface area contributed by atoms with Gasteiger partial charge >= 0.3 is 5.97 Å². The van der Waals surface area contributed by atoms with E-state index in [1.54, 1.807) is 0 Å². The van der Waals surface area contributed by atoms with E-state index >= 15 is 0 Å². The second kappa shape index (κ2) is 7.08. The standard InChI is InChI=1S/C20H21NO6/c1-12-8-15(16(22)10-25-20(23)18-4-3-7-24-18)13(2)21(12)14-5-6-17-19(9-14)27-11-26-17/h5-6,8-9,18H,3-4,7,10-11H2,1-2H3. The summed E-state index contributed by atoms with van der Waals surface area (Å²) in [6, 6.07) is 7.46. The van der Waals surface area contributed by atoms with Gasteiger partial charge in [-0.3, -0.25) is 4.79 Å². The van der Waals surface area contributed by atoms with Gasteiger partial charge in [-0.1, -0.05) is 0 Å². The minimum absolute atomic E-state index is 0.211. The number of hydrogen-bond donors (Lipinski definition) is 0. The van der Waals surface area contributed by atoms with Crippen LogP contribution in [0.5, 0.6) is 11.5 Å². The number of ketones is 1. The number of Topliss-reactive ketones (excluding diaryl/α,β-unsaturated/α-hetero) is 1. The molecular weight excluding hydrogens is 350 g/mol. The Morgan fingerprint density at radius 3 is 2.78 bits per heavy atom. The average molecular weight is 371 g/mol. The third-order valence-electron chi connectivity index (χ3n) is 4.88. The van der Waals surface area contributed by atoms with E-state index in [-0.39, 0.29) is 19.2 Å². The van der Waals surface area contributed by atoms with Crippen LogP contribution in [0.2, 0.25) is 0 Å². The Labute approximate surface area is 156 Å². The van der Waals surface area contributed by atoms with E-state index in [2.05, 4.69) is 0 Å². The van der Waals surface area contributed by atoms with Gasteiger partial charge in [0.15, 0.2) is 24.2 Å². The van der Waals surface area contributed by atoms with Crippen LogP contribution < -0.4 is 9.47 Å². The predicted octanol–water partition coefficient (Wildman–Crippen LogP) is 2.73. The Balaban J connectivity index is 1.52. The number of aryl methyl sites for hydroxylation is 1. The van der Waals surface area contributed by atoms with Crippen LogP contribution in [0, 0.1) is 13.8 Å². The fourth-order valence-corrected chi connectivity index (χ4v) is 3.54. The molecule has 0 radical (unpaired) electrons. The summed E-state index contributed by atoms with van der Waals surface area (Å²) in [5, 5.41) is 0. The highest BCUT2D eigenvalue weighted by Crippen LogP contribution is 2.35. The molecule has 0 aliphatic carbocycles. The fraction of sp³-hybridized carbons (Fsp3) is 0.400. The van der Waals surface area contributed by atoms with Gasteiger partial charge in [-0.2, -0.15) is 0 Å². The number of carbonyl (C=O) groups excluding carboxylic acids is 2. The highest BCUT2D eigenvalue weighted by molar-refractivity contribution is 5.99. The Morgan fingerprint density at radius 2 is 2.00 bits per heavy atom. The van der Waals surface area contributed by atoms with Crippen LogP contribution in [-0.4, -0.2) is 42.4 Å². The molecule has 27 heavy (non-hydrogen) atoms. The lowest BCUT2D eigenvalue weighted by atomic mass is 10.1. The molecule has 7 nitrogen and oxygen atoms in total. The van der Waals surface area contributed by atoms with Gasteiger partial charge in [-0.15, -0.1) is 0 Å². The molecule has 2 aliphatic rings. The molecule has 1 unspecified atom stereocenters. The first kappa shape index (κ1) is 17.6. The normalized spacial score (nSPS) is 17.9. The van der Waals surface area contributed by atoms with Gasteiger partial charge < -0.3 is 23.5 Å². The van der Waals surface area contributed by atoms with Gasteiger partial charge in [0, 0.05) is 35.3 Å². The van der Waals surface area contributed by atoms with Crippen LogP contribution in [0.15, 0.2) is 24.3 Å². The third-order valence-corrected chi connectivity index (χ3v) is 4.88. The number of hydrogen-bond acceptors (Lipinski definition) is 6. The molecule has 1 aromatic carbocycles. The molecule has 0 amide bonds. The van der Waals surface area contributed by atoms with E-state index < -0.39 is 12.1 Å². The van der Waals surface area contributed by atoms with E-state index in [9.17, 15) is 9.59 Å². The maximum atomic E-state index is 12.6. The quantitative estimate of drug-likeness (QED) is 0.594. The van der Waals surface area contributed by atoms with Crippen molar-refractivity contribution < 1.29 is 28.5 Å². The molecule has 0 saturated carbocycles. The molecule has 0 spiro atoms. The second-order valence-electron chi connectivity index (χ2n) is 6.69. The molecule has 0 N–H and O–H groups in total. The van der Waals surface area contributed by atoms with Crippen LogP contribution in [0.4, 0.5) is 0 Å². The average Bonchev–Trinajstić information content (AvgIpc) is 3.39. The number of rotatable bonds is 5. The van der Waals surface area contributed by atoms with Crippen molar-refractivity contribution in [3.8, 4) is 17.2 Å².